The van der Waals surface area contributed by atoms with E-state index in [0.29, 0.717) is 11.7 Å². The summed E-state index contributed by atoms with van der Waals surface area (Å²) in [6.45, 7) is 7.50. The van der Waals surface area contributed by atoms with Gasteiger partial charge in [0.05, 0.1) is 18.6 Å². The minimum Gasteiger partial charge on any atom is -0.346 e. The number of anilines is 1. The van der Waals surface area contributed by atoms with Crippen LogP contribution in [0.25, 0.3) is 0 Å². The van der Waals surface area contributed by atoms with Crippen molar-refractivity contribution in [2.75, 3.05) is 25.0 Å². The van der Waals surface area contributed by atoms with Gasteiger partial charge in [0.25, 0.3) is 5.91 Å². The maximum Gasteiger partial charge on any atom is 0.281 e. The lowest BCUT2D eigenvalue weighted by molar-refractivity contribution is -0.898. The van der Waals surface area contributed by atoms with Crippen LogP contribution in [0, 0.1) is 13.8 Å². The number of likely N-dealkylation sites (tertiary alicyclic amines) is 1. The highest BCUT2D eigenvalue weighted by molar-refractivity contribution is 7.15. The van der Waals surface area contributed by atoms with Crippen molar-refractivity contribution >= 4 is 28.3 Å². The second-order valence-electron chi connectivity index (χ2n) is 7.23. The van der Waals surface area contributed by atoms with Crippen molar-refractivity contribution in [1.82, 2.24) is 15.5 Å². The molecule has 0 atom stereocenters. The molecular formula is C19H26N5O2S+. The second-order valence-corrected chi connectivity index (χ2v) is 8.41. The number of hydrogen-bond acceptors (Lipinski definition) is 5. The molecule has 7 nitrogen and oxygen atoms in total. The standard InChI is InChI=1S/C19H25N5O2S/c1-13-4-6-16(7-5-13)19(21-14(2)25)8-10-24(11-9-19)12-17(26)20-18-23-22-15(3)27-18/h4-7H,8-12H2,1-3H3,(H,21,25)(H,20,23,26)/p+1. The fourth-order valence-electron chi connectivity index (χ4n) is 3.64. The summed E-state index contributed by atoms with van der Waals surface area (Å²) >= 11 is 1.37. The van der Waals surface area contributed by atoms with Gasteiger partial charge in [0.2, 0.25) is 11.0 Å². The average molecular weight is 389 g/mol. The Morgan fingerprint density at radius 3 is 2.37 bits per heavy atom. The highest BCUT2D eigenvalue weighted by Gasteiger charge is 2.39. The number of rotatable bonds is 5. The largest absolute Gasteiger partial charge is 0.346 e. The summed E-state index contributed by atoms with van der Waals surface area (Å²) in [6, 6.07) is 8.35. The van der Waals surface area contributed by atoms with Crippen molar-refractivity contribution in [2.24, 2.45) is 0 Å². The van der Waals surface area contributed by atoms with Crippen LogP contribution in [0.15, 0.2) is 24.3 Å². The Labute approximate surface area is 163 Å². The number of amides is 2. The van der Waals surface area contributed by atoms with Gasteiger partial charge in [-0.05, 0) is 19.4 Å². The van der Waals surface area contributed by atoms with E-state index in [2.05, 4.69) is 52.0 Å². The Kier molecular flexibility index (Phi) is 5.86. The first-order valence-corrected chi connectivity index (χ1v) is 9.97. The number of hydrogen-bond donors (Lipinski definition) is 3. The van der Waals surface area contributed by atoms with E-state index in [1.807, 2.05) is 6.92 Å². The minimum atomic E-state index is -0.351. The third-order valence-electron chi connectivity index (χ3n) is 5.01. The molecular weight excluding hydrogens is 362 g/mol. The van der Waals surface area contributed by atoms with E-state index in [1.165, 1.54) is 21.8 Å². The van der Waals surface area contributed by atoms with Gasteiger partial charge in [-0.2, -0.15) is 0 Å². The van der Waals surface area contributed by atoms with Crippen LogP contribution < -0.4 is 15.5 Å². The third kappa shape index (κ3) is 4.90. The molecule has 2 heterocycles. The molecule has 3 N–H and O–H groups in total. The summed E-state index contributed by atoms with van der Waals surface area (Å²) < 4.78 is 0. The molecule has 1 saturated heterocycles. The van der Waals surface area contributed by atoms with Crippen molar-refractivity contribution in [3.8, 4) is 0 Å². The molecule has 1 aromatic carbocycles. The van der Waals surface area contributed by atoms with Gasteiger partial charge in [0.15, 0.2) is 6.54 Å². The van der Waals surface area contributed by atoms with Crippen LogP contribution in [0.1, 0.15) is 35.9 Å². The van der Waals surface area contributed by atoms with E-state index < -0.39 is 0 Å². The van der Waals surface area contributed by atoms with Gasteiger partial charge in [-0.1, -0.05) is 41.2 Å². The zero-order chi connectivity index (χ0) is 19.4. The molecule has 3 rings (SSSR count). The molecule has 27 heavy (non-hydrogen) atoms. The topological polar surface area (TPSA) is 88.4 Å². The third-order valence-corrected chi connectivity index (χ3v) is 5.77. The van der Waals surface area contributed by atoms with Gasteiger partial charge >= 0.3 is 0 Å². The number of piperidine rings is 1. The van der Waals surface area contributed by atoms with Crippen molar-refractivity contribution in [3.63, 3.8) is 0 Å². The summed E-state index contributed by atoms with van der Waals surface area (Å²) in [5.41, 5.74) is 1.98. The van der Waals surface area contributed by atoms with Crippen LogP contribution in [0.3, 0.4) is 0 Å². The molecule has 0 spiro atoms. The van der Waals surface area contributed by atoms with Gasteiger partial charge < -0.3 is 10.2 Å². The number of aryl methyl sites for hydroxylation is 2. The van der Waals surface area contributed by atoms with E-state index in [9.17, 15) is 9.59 Å². The number of quaternary nitrogens is 1. The van der Waals surface area contributed by atoms with Crippen LogP contribution in [-0.2, 0) is 15.1 Å². The van der Waals surface area contributed by atoms with Crippen LogP contribution >= 0.6 is 11.3 Å². The van der Waals surface area contributed by atoms with Gasteiger partial charge in [0, 0.05) is 19.8 Å². The predicted molar refractivity (Wildman–Crippen MR) is 105 cm³/mol. The number of aromatic nitrogens is 2. The molecule has 144 valence electrons. The molecule has 0 radical (unpaired) electrons. The number of nitrogens with zero attached hydrogens (tertiary/aromatic N) is 2. The van der Waals surface area contributed by atoms with Crippen LogP contribution in [0.2, 0.25) is 0 Å². The zero-order valence-electron chi connectivity index (χ0n) is 16.0. The predicted octanol–water partition coefficient (Wildman–Crippen LogP) is 0.804. The monoisotopic (exact) mass is 388 g/mol. The molecule has 1 fully saturated rings. The summed E-state index contributed by atoms with van der Waals surface area (Å²) in [5, 5.41) is 15.2. The molecule has 2 amide bonds. The maximum atomic E-state index is 12.3. The smallest absolute Gasteiger partial charge is 0.281 e. The van der Waals surface area contributed by atoms with Crippen molar-refractivity contribution in [1.29, 1.82) is 0 Å². The Hall–Kier alpha value is -2.32. The Bertz CT molecular complexity index is 810. The molecule has 2 aromatic rings. The molecule has 0 aliphatic carbocycles. The summed E-state index contributed by atoms with van der Waals surface area (Å²) in [4.78, 5) is 25.3. The van der Waals surface area contributed by atoms with E-state index >= 15 is 0 Å². The van der Waals surface area contributed by atoms with Crippen LogP contribution in [0.4, 0.5) is 5.13 Å². The number of carbonyl (C=O) groups excluding carboxylic acids is 2. The van der Waals surface area contributed by atoms with Gasteiger partial charge in [-0.3, -0.25) is 14.9 Å². The maximum absolute atomic E-state index is 12.3. The first-order chi connectivity index (χ1) is 12.9. The van der Waals surface area contributed by atoms with Gasteiger partial charge in [-0.15, -0.1) is 10.2 Å². The zero-order valence-corrected chi connectivity index (χ0v) is 16.8. The summed E-state index contributed by atoms with van der Waals surface area (Å²) in [5.74, 6) is -0.0769. The fourth-order valence-corrected chi connectivity index (χ4v) is 4.25. The normalized spacial score (nSPS) is 22.3. The lowest BCUT2D eigenvalue weighted by Crippen LogP contribution is -3.14. The molecule has 0 unspecified atom stereocenters. The van der Waals surface area contributed by atoms with E-state index in [-0.39, 0.29) is 17.4 Å². The number of benzene rings is 1. The molecule has 1 aliphatic heterocycles. The first kappa shape index (κ1) is 19.4. The molecule has 8 heteroatoms. The summed E-state index contributed by atoms with van der Waals surface area (Å²) in [6.07, 6.45) is 1.60. The van der Waals surface area contributed by atoms with Crippen molar-refractivity contribution in [3.05, 3.63) is 40.4 Å². The molecule has 0 saturated carbocycles. The SMILES string of the molecule is CC(=O)NC1(c2ccc(C)cc2)CC[NH+](CC(=O)Nc2nnc(C)s2)CC1. The van der Waals surface area contributed by atoms with E-state index in [1.54, 1.807) is 6.92 Å². The second kappa shape index (κ2) is 8.14. The molecule has 1 aliphatic rings. The average Bonchev–Trinajstić information content (AvgIpc) is 3.01. The quantitative estimate of drug-likeness (QED) is 0.707. The number of carbonyl (C=O) groups is 2. The van der Waals surface area contributed by atoms with Gasteiger partial charge in [0.1, 0.15) is 5.01 Å². The van der Waals surface area contributed by atoms with E-state index in [4.69, 9.17) is 0 Å². The Balaban J connectivity index is 1.62. The van der Waals surface area contributed by atoms with Gasteiger partial charge in [-0.25, -0.2) is 0 Å². The minimum absolute atomic E-state index is 0.0246. The highest BCUT2D eigenvalue weighted by Crippen LogP contribution is 2.30. The highest BCUT2D eigenvalue weighted by atomic mass is 32.1. The van der Waals surface area contributed by atoms with Crippen LogP contribution in [-0.4, -0.2) is 41.6 Å². The lowest BCUT2D eigenvalue weighted by Gasteiger charge is -2.40. The Morgan fingerprint density at radius 1 is 1.15 bits per heavy atom. The lowest BCUT2D eigenvalue weighted by atomic mass is 9.80. The Morgan fingerprint density at radius 2 is 1.81 bits per heavy atom. The fraction of sp³-hybridized carbons (Fsp3) is 0.474. The molecule has 0 bridgehead atoms. The number of nitrogens with one attached hydrogen (secondary N) is 3. The first-order valence-electron chi connectivity index (χ1n) is 9.16. The summed E-state index contributed by atoms with van der Waals surface area (Å²) in [7, 11) is 0. The molecule has 1 aromatic heterocycles. The van der Waals surface area contributed by atoms with Crippen molar-refractivity contribution < 1.29 is 14.5 Å². The van der Waals surface area contributed by atoms with Crippen LogP contribution in [0.5, 0.6) is 0 Å². The van der Waals surface area contributed by atoms with E-state index in [0.717, 1.165) is 36.5 Å². The van der Waals surface area contributed by atoms with Crippen molar-refractivity contribution in [2.45, 2.75) is 39.2 Å².